The highest BCUT2D eigenvalue weighted by Gasteiger charge is 2.18. The summed E-state index contributed by atoms with van der Waals surface area (Å²) in [6.45, 7) is 1.91. The second-order valence-electron chi connectivity index (χ2n) is 4.69. The third-order valence-corrected chi connectivity index (χ3v) is 3.26. The van der Waals surface area contributed by atoms with Gasteiger partial charge >= 0.3 is 0 Å². The summed E-state index contributed by atoms with van der Waals surface area (Å²) in [4.78, 5) is 14.1. The van der Waals surface area contributed by atoms with Crippen LogP contribution in [0.1, 0.15) is 35.7 Å². The second-order valence-corrected chi connectivity index (χ2v) is 4.69. The standard InChI is InChI=1S/C16H19NO/c1-4-16(18)14-9-6-5-8-12(14)13-10-7-11-15(13)17(2)3/h5-9,11H,4,10H2,1-3H3. The largest absolute Gasteiger partial charge is 0.377 e. The van der Waals surface area contributed by atoms with E-state index in [0.29, 0.717) is 6.42 Å². The van der Waals surface area contributed by atoms with Crippen LogP contribution < -0.4 is 0 Å². The molecule has 0 fully saturated rings. The molecule has 0 unspecified atom stereocenters. The van der Waals surface area contributed by atoms with Crippen molar-refractivity contribution in [3.8, 4) is 0 Å². The molecule has 0 aliphatic heterocycles. The molecule has 2 heteroatoms. The van der Waals surface area contributed by atoms with Gasteiger partial charge < -0.3 is 4.90 Å². The fraction of sp³-hybridized carbons (Fsp3) is 0.312. The number of hydrogen-bond acceptors (Lipinski definition) is 2. The number of rotatable bonds is 4. The molecule has 1 aliphatic rings. The van der Waals surface area contributed by atoms with Crippen LogP contribution in [0.25, 0.3) is 5.57 Å². The van der Waals surface area contributed by atoms with Crippen LogP contribution in [0.5, 0.6) is 0 Å². The summed E-state index contributed by atoms with van der Waals surface area (Å²) in [5.41, 5.74) is 4.37. The van der Waals surface area contributed by atoms with Gasteiger partial charge in [-0.3, -0.25) is 4.79 Å². The summed E-state index contributed by atoms with van der Waals surface area (Å²) in [5, 5.41) is 0. The Morgan fingerprint density at radius 1 is 1.28 bits per heavy atom. The molecule has 0 heterocycles. The van der Waals surface area contributed by atoms with Gasteiger partial charge in [0.2, 0.25) is 0 Å². The maximum absolute atomic E-state index is 12.0. The van der Waals surface area contributed by atoms with Crippen molar-refractivity contribution in [1.29, 1.82) is 0 Å². The van der Waals surface area contributed by atoms with Gasteiger partial charge in [-0.05, 0) is 23.6 Å². The van der Waals surface area contributed by atoms with E-state index in [4.69, 9.17) is 0 Å². The first kappa shape index (κ1) is 12.6. The van der Waals surface area contributed by atoms with Crippen molar-refractivity contribution >= 4 is 11.4 Å². The summed E-state index contributed by atoms with van der Waals surface area (Å²) in [6.07, 6.45) is 5.73. The molecule has 2 nitrogen and oxygen atoms in total. The van der Waals surface area contributed by atoms with Crippen molar-refractivity contribution in [2.75, 3.05) is 14.1 Å². The lowest BCUT2D eigenvalue weighted by Gasteiger charge is -2.17. The van der Waals surface area contributed by atoms with Gasteiger partial charge in [0.05, 0.1) is 0 Å². The first-order valence-electron chi connectivity index (χ1n) is 6.34. The van der Waals surface area contributed by atoms with Crippen LogP contribution in [-0.4, -0.2) is 24.8 Å². The van der Waals surface area contributed by atoms with Gasteiger partial charge in [0.1, 0.15) is 0 Å². The molecular formula is C16H19NO. The SMILES string of the molecule is CCC(=O)c1ccccc1C1=C(N(C)C)C=CC1. The van der Waals surface area contributed by atoms with Crippen molar-refractivity contribution in [2.45, 2.75) is 19.8 Å². The van der Waals surface area contributed by atoms with Gasteiger partial charge in [0.15, 0.2) is 5.78 Å². The third-order valence-electron chi connectivity index (χ3n) is 3.26. The molecule has 0 bridgehead atoms. The summed E-state index contributed by atoms with van der Waals surface area (Å²) in [6, 6.07) is 7.92. The van der Waals surface area contributed by atoms with Crippen LogP contribution in [0.4, 0.5) is 0 Å². The fourth-order valence-corrected chi connectivity index (χ4v) is 2.34. The molecule has 1 aliphatic carbocycles. The summed E-state index contributed by atoms with van der Waals surface area (Å²) >= 11 is 0. The zero-order valence-corrected chi connectivity index (χ0v) is 11.2. The van der Waals surface area contributed by atoms with E-state index in [-0.39, 0.29) is 5.78 Å². The Bertz CT molecular complexity index is 524. The van der Waals surface area contributed by atoms with Crippen molar-refractivity contribution in [3.05, 3.63) is 53.2 Å². The summed E-state index contributed by atoms with van der Waals surface area (Å²) < 4.78 is 0. The molecule has 0 N–H and O–H groups in total. The number of Topliss-reactive ketones (excluding diaryl/α,β-unsaturated/α-hetero) is 1. The minimum Gasteiger partial charge on any atom is -0.377 e. The number of benzene rings is 1. The van der Waals surface area contributed by atoms with E-state index in [2.05, 4.69) is 23.1 Å². The van der Waals surface area contributed by atoms with Crippen LogP contribution >= 0.6 is 0 Å². The van der Waals surface area contributed by atoms with E-state index in [9.17, 15) is 4.79 Å². The van der Waals surface area contributed by atoms with Crippen LogP contribution in [0.2, 0.25) is 0 Å². The predicted molar refractivity (Wildman–Crippen MR) is 75.4 cm³/mol. The Balaban J connectivity index is 2.52. The van der Waals surface area contributed by atoms with Crippen LogP contribution in [0, 0.1) is 0 Å². The minimum atomic E-state index is 0.211. The van der Waals surface area contributed by atoms with Crippen LogP contribution in [0.3, 0.4) is 0 Å². The second kappa shape index (κ2) is 5.21. The maximum Gasteiger partial charge on any atom is 0.163 e. The number of nitrogens with zero attached hydrogens (tertiary/aromatic N) is 1. The Kier molecular flexibility index (Phi) is 3.66. The summed E-state index contributed by atoms with van der Waals surface area (Å²) in [7, 11) is 4.07. The third kappa shape index (κ3) is 2.23. The topological polar surface area (TPSA) is 20.3 Å². The number of carbonyl (C=O) groups excluding carboxylic acids is 1. The Hall–Kier alpha value is -1.83. The number of allylic oxidation sites excluding steroid dienone is 3. The van der Waals surface area contributed by atoms with E-state index in [1.54, 1.807) is 0 Å². The lowest BCUT2D eigenvalue weighted by Crippen LogP contribution is -2.11. The monoisotopic (exact) mass is 241 g/mol. The Morgan fingerprint density at radius 3 is 2.67 bits per heavy atom. The molecule has 2 rings (SSSR count). The molecule has 0 aromatic heterocycles. The molecule has 18 heavy (non-hydrogen) atoms. The van der Waals surface area contributed by atoms with Crippen molar-refractivity contribution in [2.24, 2.45) is 0 Å². The molecule has 1 aromatic rings. The Labute approximate surface area is 109 Å². The molecule has 0 saturated heterocycles. The molecule has 0 saturated carbocycles. The minimum absolute atomic E-state index is 0.211. The fourth-order valence-electron chi connectivity index (χ4n) is 2.34. The molecule has 0 radical (unpaired) electrons. The maximum atomic E-state index is 12.0. The quantitative estimate of drug-likeness (QED) is 0.752. The van der Waals surface area contributed by atoms with E-state index in [1.165, 1.54) is 11.3 Å². The zero-order chi connectivity index (χ0) is 13.1. The van der Waals surface area contributed by atoms with Crippen LogP contribution in [0.15, 0.2) is 42.1 Å². The summed E-state index contributed by atoms with van der Waals surface area (Å²) in [5.74, 6) is 0.211. The van der Waals surface area contributed by atoms with E-state index < -0.39 is 0 Å². The van der Waals surface area contributed by atoms with Crippen molar-refractivity contribution < 1.29 is 4.79 Å². The Morgan fingerprint density at radius 2 is 2.00 bits per heavy atom. The first-order valence-corrected chi connectivity index (χ1v) is 6.34. The normalized spacial score (nSPS) is 14.2. The smallest absolute Gasteiger partial charge is 0.163 e. The van der Waals surface area contributed by atoms with Crippen molar-refractivity contribution in [3.63, 3.8) is 0 Å². The van der Waals surface area contributed by atoms with Gasteiger partial charge in [-0.25, -0.2) is 0 Å². The highest BCUT2D eigenvalue weighted by Crippen LogP contribution is 2.32. The molecule has 94 valence electrons. The lowest BCUT2D eigenvalue weighted by atomic mass is 9.94. The highest BCUT2D eigenvalue weighted by atomic mass is 16.1. The molecule has 0 atom stereocenters. The average Bonchev–Trinajstić information content (AvgIpc) is 2.87. The number of carbonyl (C=O) groups is 1. The van der Waals surface area contributed by atoms with Gasteiger partial charge in [0.25, 0.3) is 0 Å². The van der Waals surface area contributed by atoms with Gasteiger partial charge in [-0.15, -0.1) is 0 Å². The van der Waals surface area contributed by atoms with Gasteiger partial charge in [-0.2, -0.15) is 0 Å². The number of hydrogen-bond donors (Lipinski definition) is 0. The lowest BCUT2D eigenvalue weighted by molar-refractivity contribution is 0.0988. The average molecular weight is 241 g/mol. The van der Waals surface area contributed by atoms with E-state index in [1.807, 2.05) is 39.2 Å². The first-order chi connectivity index (χ1) is 8.65. The number of ketones is 1. The molecule has 1 aromatic carbocycles. The molecular weight excluding hydrogens is 222 g/mol. The number of likely N-dealkylation sites (N-methyl/N-ethyl adjacent to an activating group) is 1. The van der Waals surface area contributed by atoms with Crippen LogP contribution in [-0.2, 0) is 0 Å². The highest BCUT2D eigenvalue weighted by molar-refractivity contribution is 6.01. The van der Waals surface area contributed by atoms with E-state index >= 15 is 0 Å². The predicted octanol–water partition coefficient (Wildman–Crippen LogP) is 3.51. The van der Waals surface area contributed by atoms with Gasteiger partial charge in [0, 0.05) is 31.8 Å². The zero-order valence-electron chi connectivity index (χ0n) is 11.2. The molecule has 0 spiro atoms. The molecule has 0 amide bonds. The van der Waals surface area contributed by atoms with Gasteiger partial charge in [-0.1, -0.05) is 37.3 Å². The van der Waals surface area contributed by atoms with Crippen molar-refractivity contribution in [1.82, 2.24) is 4.90 Å². The van der Waals surface area contributed by atoms with E-state index in [0.717, 1.165) is 17.5 Å².